The second-order valence-corrected chi connectivity index (χ2v) is 5.04. The van der Waals surface area contributed by atoms with Gasteiger partial charge in [0.1, 0.15) is 0 Å². The number of amides is 1. The van der Waals surface area contributed by atoms with Crippen LogP contribution >= 0.6 is 11.8 Å². The first-order valence-corrected chi connectivity index (χ1v) is 6.97. The minimum atomic E-state index is -0.170. The zero-order valence-electron chi connectivity index (χ0n) is 10.8. The van der Waals surface area contributed by atoms with Gasteiger partial charge in [0, 0.05) is 30.6 Å². The number of carbonyl (C=O) groups is 1. The smallest absolute Gasteiger partial charge is 0.244 e. The summed E-state index contributed by atoms with van der Waals surface area (Å²) in [5, 5.41) is 16.0. The van der Waals surface area contributed by atoms with Crippen molar-refractivity contribution in [2.24, 2.45) is 7.05 Å². The lowest BCUT2D eigenvalue weighted by atomic mass is 10.2. The van der Waals surface area contributed by atoms with Crippen molar-refractivity contribution in [3.8, 4) is 0 Å². The van der Waals surface area contributed by atoms with Gasteiger partial charge >= 0.3 is 0 Å². The molecule has 0 fully saturated rings. The molecule has 5 nitrogen and oxygen atoms in total. The number of hydrogen-bond acceptors (Lipinski definition) is 4. The molecule has 1 aromatic rings. The van der Waals surface area contributed by atoms with Gasteiger partial charge in [0.25, 0.3) is 0 Å². The molecule has 18 heavy (non-hydrogen) atoms. The maximum Gasteiger partial charge on any atom is 0.244 e. The lowest BCUT2D eigenvalue weighted by Crippen LogP contribution is -2.40. The number of nitrogens with one attached hydrogen (secondary N) is 1. The van der Waals surface area contributed by atoms with Crippen LogP contribution in [0.25, 0.3) is 6.08 Å². The summed E-state index contributed by atoms with van der Waals surface area (Å²) in [5.74, 6) is -0.170. The highest BCUT2D eigenvalue weighted by atomic mass is 32.2. The highest BCUT2D eigenvalue weighted by Gasteiger charge is 2.16. The average Bonchev–Trinajstić information content (AvgIpc) is 2.74. The Bertz CT molecular complexity index is 413. The number of nitrogens with zero attached hydrogens (tertiary/aromatic N) is 2. The van der Waals surface area contributed by atoms with E-state index in [4.69, 9.17) is 5.11 Å². The fourth-order valence-electron chi connectivity index (χ4n) is 1.51. The van der Waals surface area contributed by atoms with Gasteiger partial charge in [0.05, 0.1) is 12.3 Å². The standard InChI is InChI=1S/C12H19N3O2S/c1-9(11(8-16)18-3)14-12(17)5-4-10-6-7-13-15(10)2/h4-7,9,11,16H,8H2,1-3H3,(H,14,17)/b5-4+. The Morgan fingerprint density at radius 2 is 2.44 bits per heavy atom. The van der Waals surface area contributed by atoms with Crippen LogP contribution in [0.1, 0.15) is 12.6 Å². The third-order valence-electron chi connectivity index (χ3n) is 2.67. The third-order valence-corrected chi connectivity index (χ3v) is 3.84. The van der Waals surface area contributed by atoms with E-state index >= 15 is 0 Å². The SMILES string of the molecule is CSC(CO)C(C)NC(=O)/C=C/c1ccnn1C. The van der Waals surface area contributed by atoms with Crippen molar-refractivity contribution in [2.45, 2.75) is 18.2 Å². The van der Waals surface area contributed by atoms with E-state index in [-0.39, 0.29) is 23.8 Å². The molecule has 0 aliphatic rings. The van der Waals surface area contributed by atoms with E-state index < -0.39 is 0 Å². The molecule has 0 bridgehead atoms. The molecule has 0 aliphatic carbocycles. The Balaban J connectivity index is 2.51. The van der Waals surface area contributed by atoms with Crippen molar-refractivity contribution < 1.29 is 9.90 Å². The molecule has 1 aromatic heterocycles. The van der Waals surface area contributed by atoms with E-state index in [2.05, 4.69) is 10.4 Å². The molecule has 0 saturated carbocycles. The first kappa shape index (κ1) is 14.8. The number of aromatic nitrogens is 2. The number of hydrogen-bond donors (Lipinski definition) is 2. The number of carbonyl (C=O) groups excluding carboxylic acids is 1. The fourth-order valence-corrected chi connectivity index (χ4v) is 2.14. The van der Waals surface area contributed by atoms with E-state index in [1.165, 1.54) is 17.8 Å². The van der Waals surface area contributed by atoms with Crippen LogP contribution in [0.5, 0.6) is 0 Å². The molecule has 100 valence electrons. The van der Waals surface area contributed by atoms with Gasteiger partial charge in [-0.2, -0.15) is 16.9 Å². The summed E-state index contributed by atoms with van der Waals surface area (Å²) in [6.07, 6.45) is 6.77. The van der Waals surface area contributed by atoms with Crippen LogP contribution in [-0.2, 0) is 11.8 Å². The Kier molecular flexibility index (Phi) is 5.94. The summed E-state index contributed by atoms with van der Waals surface area (Å²) in [4.78, 5) is 11.7. The Morgan fingerprint density at radius 3 is 2.94 bits per heavy atom. The normalized spacial score (nSPS) is 14.7. The highest BCUT2D eigenvalue weighted by molar-refractivity contribution is 7.99. The van der Waals surface area contributed by atoms with E-state index in [0.29, 0.717) is 0 Å². The van der Waals surface area contributed by atoms with Gasteiger partial charge in [-0.25, -0.2) is 0 Å². The van der Waals surface area contributed by atoms with Gasteiger partial charge in [0.15, 0.2) is 0 Å². The van der Waals surface area contributed by atoms with E-state index in [1.54, 1.807) is 17.0 Å². The molecular weight excluding hydrogens is 250 g/mol. The molecule has 6 heteroatoms. The van der Waals surface area contributed by atoms with Crippen molar-refractivity contribution in [1.82, 2.24) is 15.1 Å². The van der Waals surface area contributed by atoms with Crippen LogP contribution < -0.4 is 5.32 Å². The lowest BCUT2D eigenvalue weighted by Gasteiger charge is -2.20. The monoisotopic (exact) mass is 269 g/mol. The number of aryl methyl sites for hydroxylation is 1. The number of thioether (sulfide) groups is 1. The summed E-state index contributed by atoms with van der Waals surface area (Å²) < 4.78 is 1.69. The van der Waals surface area contributed by atoms with Gasteiger partial charge in [-0.05, 0) is 25.3 Å². The molecule has 0 aromatic carbocycles. The minimum Gasteiger partial charge on any atom is -0.395 e. The maximum atomic E-state index is 11.7. The van der Waals surface area contributed by atoms with Crippen LogP contribution in [0.3, 0.4) is 0 Å². The summed E-state index contributed by atoms with van der Waals surface area (Å²) in [7, 11) is 1.82. The summed E-state index contributed by atoms with van der Waals surface area (Å²) in [6.45, 7) is 1.93. The predicted molar refractivity (Wildman–Crippen MR) is 74.2 cm³/mol. The lowest BCUT2D eigenvalue weighted by molar-refractivity contribution is -0.117. The zero-order valence-corrected chi connectivity index (χ0v) is 11.6. The van der Waals surface area contributed by atoms with Crippen molar-refractivity contribution in [3.05, 3.63) is 24.0 Å². The topological polar surface area (TPSA) is 67.2 Å². The molecular formula is C12H19N3O2S. The van der Waals surface area contributed by atoms with Crippen LogP contribution in [0.2, 0.25) is 0 Å². The summed E-state index contributed by atoms with van der Waals surface area (Å²) >= 11 is 1.54. The van der Waals surface area contributed by atoms with Crippen molar-refractivity contribution in [3.63, 3.8) is 0 Å². The largest absolute Gasteiger partial charge is 0.395 e. The molecule has 0 saturated heterocycles. The van der Waals surface area contributed by atoms with Crippen LogP contribution in [0.4, 0.5) is 0 Å². The predicted octanol–water partition coefficient (Wildman–Crippen LogP) is 0.662. The van der Waals surface area contributed by atoms with Crippen LogP contribution in [-0.4, -0.2) is 44.9 Å². The molecule has 0 spiro atoms. The van der Waals surface area contributed by atoms with Crippen LogP contribution in [0.15, 0.2) is 18.3 Å². The molecule has 2 N–H and O–H groups in total. The number of rotatable bonds is 6. The Morgan fingerprint density at radius 1 is 1.72 bits per heavy atom. The number of aliphatic hydroxyl groups is 1. The summed E-state index contributed by atoms with van der Waals surface area (Å²) in [5.41, 5.74) is 0.862. The molecule has 1 heterocycles. The molecule has 0 radical (unpaired) electrons. The summed E-state index contributed by atoms with van der Waals surface area (Å²) in [6, 6.07) is 1.75. The Hall–Kier alpha value is -1.27. The van der Waals surface area contributed by atoms with E-state index in [9.17, 15) is 4.79 Å². The van der Waals surface area contributed by atoms with E-state index in [0.717, 1.165) is 5.69 Å². The third kappa shape index (κ3) is 4.19. The second kappa shape index (κ2) is 7.23. The van der Waals surface area contributed by atoms with Crippen molar-refractivity contribution in [1.29, 1.82) is 0 Å². The van der Waals surface area contributed by atoms with Gasteiger partial charge in [-0.1, -0.05) is 0 Å². The van der Waals surface area contributed by atoms with Gasteiger partial charge in [-0.3, -0.25) is 9.48 Å². The minimum absolute atomic E-state index is 0.0130. The molecule has 1 amide bonds. The quantitative estimate of drug-likeness (QED) is 0.745. The molecule has 0 aliphatic heterocycles. The zero-order chi connectivity index (χ0) is 13.5. The highest BCUT2D eigenvalue weighted by Crippen LogP contribution is 2.10. The molecule has 1 rings (SSSR count). The van der Waals surface area contributed by atoms with Crippen LogP contribution in [0, 0.1) is 0 Å². The van der Waals surface area contributed by atoms with E-state index in [1.807, 2.05) is 26.3 Å². The molecule has 2 unspecified atom stereocenters. The average molecular weight is 269 g/mol. The molecule has 2 atom stereocenters. The maximum absolute atomic E-state index is 11.7. The van der Waals surface area contributed by atoms with Gasteiger partial charge in [-0.15, -0.1) is 0 Å². The first-order valence-electron chi connectivity index (χ1n) is 5.68. The Labute approximate surface area is 111 Å². The second-order valence-electron chi connectivity index (χ2n) is 3.97. The van der Waals surface area contributed by atoms with Crippen molar-refractivity contribution >= 4 is 23.7 Å². The van der Waals surface area contributed by atoms with Gasteiger partial charge in [0.2, 0.25) is 5.91 Å². The first-order chi connectivity index (χ1) is 8.58. The van der Waals surface area contributed by atoms with Gasteiger partial charge < -0.3 is 10.4 Å². The number of aliphatic hydroxyl groups excluding tert-OH is 1. The fraction of sp³-hybridized carbons (Fsp3) is 0.500. The van der Waals surface area contributed by atoms with Crippen molar-refractivity contribution in [2.75, 3.05) is 12.9 Å².